The minimum atomic E-state index is -0.328. The number of fused-ring (bicyclic) bond motifs is 6. The number of para-hydroxylation sites is 1. The Labute approximate surface area is 300 Å². The Morgan fingerprint density at radius 1 is 0.480 bits per heavy atom. The Morgan fingerprint density at radius 3 is 1.84 bits per heavy atom. The van der Waals surface area contributed by atoms with Crippen molar-refractivity contribution in [2.45, 2.75) is 0 Å². The molecule has 0 N–H and O–H groups in total. The third kappa shape index (κ3) is 4.79. The van der Waals surface area contributed by atoms with Crippen molar-refractivity contribution in [1.82, 2.24) is 15.0 Å². The molecule has 10 aromatic rings. The third-order valence-corrected chi connectivity index (χ3v) is 9.87. The summed E-state index contributed by atoms with van der Waals surface area (Å²) in [6.07, 6.45) is 0. The molecule has 0 amide bonds. The molecule has 3 aromatic heterocycles. The van der Waals surface area contributed by atoms with Gasteiger partial charge >= 0.3 is 0 Å². The second kappa shape index (κ2) is 11.6. The first-order chi connectivity index (χ1) is 27.3. The van der Waals surface area contributed by atoms with E-state index in [1.54, 1.807) is 0 Å². The van der Waals surface area contributed by atoms with Crippen molar-refractivity contribution in [3.05, 3.63) is 164 Å². The topological polar surface area (TPSA) is 51.8 Å². The van der Waals surface area contributed by atoms with E-state index in [9.17, 15) is 5.48 Å². The van der Waals surface area contributed by atoms with Crippen molar-refractivity contribution in [2.75, 3.05) is 0 Å². The quantitative estimate of drug-likeness (QED) is 0.184. The molecule has 0 bridgehead atoms. The van der Waals surface area contributed by atoms with Crippen LogP contribution in [0.15, 0.2) is 168 Å². The molecule has 0 radical (unpaired) electrons. The summed E-state index contributed by atoms with van der Waals surface area (Å²) in [7, 11) is 0. The monoisotopic (exact) mass is 663 g/mol. The molecule has 4 nitrogen and oxygen atoms in total. The Morgan fingerprint density at radius 2 is 1.12 bits per heavy atom. The number of aromatic nitrogens is 3. The molecule has 0 spiro atoms. The maximum atomic E-state index is 9.75. The van der Waals surface area contributed by atoms with E-state index in [-0.39, 0.29) is 58.6 Å². The van der Waals surface area contributed by atoms with Crippen molar-refractivity contribution < 1.29 is 12.6 Å². The zero-order valence-electron chi connectivity index (χ0n) is 32.3. The number of nitrogens with zero attached hydrogens (tertiary/aromatic N) is 3. The minimum Gasteiger partial charge on any atom is -0.455 e. The normalized spacial score (nSPS) is 13.3. The second-order valence-corrected chi connectivity index (χ2v) is 12.9. The molecule has 0 aliphatic heterocycles. The van der Waals surface area contributed by atoms with Crippen LogP contribution in [0.25, 0.3) is 98.5 Å². The predicted octanol–water partition coefficient (Wildman–Crippen LogP) is 12.5. The largest absolute Gasteiger partial charge is 0.455 e. The van der Waals surface area contributed by atoms with Crippen LogP contribution < -0.4 is 0 Å². The highest BCUT2D eigenvalue weighted by molar-refractivity contribution is 7.26. The molecule has 0 saturated carbocycles. The summed E-state index contributed by atoms with van der Waals surface area (Å²) < 4.78 is 63.2. The SMILES string of the molecule is [2H]c1c([2H])c(-c2nc(-c3ccccc3)nc(-c3ccccc3)n2)c2c(sc3c([2H])c(-c4cc(-c5ccccc5)cc5c4oc4ccccc45)c([2H])c([2H])c32)c1[2H]. The first kappa shape index (κ1) is 23.0. The van der Waals surface area contributed by atoms with Crippen LogP contribution in [-0.4, -0.2) is 15.0 Å². The van der Waals surface area contributed by atoms with Gasteiger partial charge in [0.25, 0.3) is 0 Å². The fourth-order valence-corrected chi connectivity index (χ4v) is 7.50. The lowest BCUT2D eigenvalue weighted by molar-refractivity contribution is 0.670. The molecule has 0 aliphatic carbocycles. The van der Waals surface area contributed by atoms with Gasteiger partial charge in [0, 0.05) is 53.2 Å². The molecule has 5 heteroatoms. The van der Waals surface area contributed by atoms with Crippen LogP contribution in [0.1, 0.15) is 8.22 Å². The van der Waals surface area contributed by atoms with Crippen molar-refractivity contribution >= 4 is 53.4 Å². The highest BCUT2D eigenvalue weighted by Gasteiger charge is 2.19. The number of thiophene rings is 1. The summed E-state index contributed by atoms with van der Waals surface area (Å²) in [6, 6.07) is 39.2. The van der Waals surface area contributed by atoms with E-state index in [1.165, 1.54) is 0 Å². The number of rotatable bonds is 5. The van der Waals surface area contributed by atoms with E-state index in [1.807, 2.05) is 121 Å². The van der Waals surface area contributed by atoms with E-state index in [4.69, 9.17) is 22.1 Å². The van der Waals surface area contributed by atoms with Gasteiger partial charge in [-0.15, -0.1) is 11.3 Å². The fraction of sp³-hybridized carbons (Fsp3) is 0. The Hall–Kier alpha value is -6.43. The van der Waals surface area contributed by atoms with Gasteiger partial charge in [0.1, 0.15) is 11.2 Å². The molecule has 0 fully saturated rings. The summed E-state index contributed by atoms with van der Waals surface area (Å²) in [5.41, 5.74) is 5.30. The zero-order valence-corrected chi connectivity index (χ0v) is 27.1. The molecule has 0 saturated heterocycles. The van der Waals surface area contributed by atoms with E-state index >= 15 is 0 Å². The fourth-order valence-electron chi connectivity index (χ4n) is 6.48. The Balaban J connectivity index is 1.30. The van der Waals surface area contributed by atoms with Crippen molar-refractivity contribution in [2.24, 2.45) is 0 Å². The summed E-state index contributed by atoms with van der Waals surface area (Å²) in [5.74, 6) is 0.806. The lowest BCUT2D eigenvalue weighted by atomic mass is 9.95. The molecule has 10 rings (SSSR count). The molecular formula is C45H27N3OS. The van der Waals surface area contributed by atoms with Crippen molar-refractivity contribution in [3.8, 4) is 56.4 Å². The molecule has 7 aromatic carbocycles. The van der Waals surface area contributed by atoms with Gasteiger partial charge in [0.2, 0.25) is 0 Å². The van der Waals surface area contributed by atoms with Crippen LogP contribution >= 0.6 is 11.3 Å². The number of hydrogen-bond acceptors (Lipinski definition) is 5. The van der Waals surface area contributed by atoms with Crippen LogP contribution in [-0.2, 0) is 0 Å². The van der Waals surface area contributed by atoms with E-state index in [0.717, 1.165) is 44.4 Å². The van der Waals surface area contributed by atoms with Gasteiger partial charge in [0.15, 0.2) is 17.5 Å². The maximum Gasteiger partial charge on any atom is 0.164 e. The Bertz CT molecular complexity index is 3150. The van der Waals surface area contributed by atoms with Crippen molar-refractivity contribution in [3.63, 3.8) is 0 Å². The average molecular weight is 664 g/mol. The zero-order chi connectivity index (χ0) is 38.2. The van der Waals surface area contributed by atoms with Gasteiger partial charge in [0.05, 0.1) is 8.22 Å². The van der Waals surface area contributed by atoms with Gasteiger partial charge in [-0.3, -0.25) is 0 Å². The average Bonchev–Trinajstić information content (AvgIpc) is 3.83. The van der Waals surface area contributed by atoms with Crippen LogP contribution in [0.3, 0.4) is 0 Å². The summed E-state index contributed by atoms with van der Waals surface area (Å²) >= 11 is 1.11. The molecule has 0 aliphatic rings. The van der Waals surface area contributed by atoms with Gasteiger partial charge in [-0.05, 0) is 47.0 Å². The smallest absolute Gasteiger partial charge is 0.164 e. The third-order valence-electron chi connectivity index (χ3n) is 8.85. The molecule has 234 valence electrons. The van der Waals surface area contributed by atoms with E-state index in [0.29, 0.717) is 43.2 Å². The number of hydrogen-bond donors (Lipinski definition) is 0. The van der Waals surface area contributed by atoms with Crippen LogP contribution in [0.4, 0.5) is 0 Å². The maximum absolute atomic E-state index is 9.75. The second-order valence-electron chi connectivity index (χ2n) is 11.9. The van der Waals surface area contributed by atoms with Gasteiger partial charge in [-0.2, -0.15) is 0 Å². The molecule has 50 heavy (non-hydrogen) atoms. The first-order valence-corrected chi connectivity index (χ1v) is 16.9. The summed E-state index contributed by atoms with van der Waals surface area (Å²) in [5, 5.41) is 2.25. The standard InChI is InChI=1S/C45H27N3OS/c1-4-13-28(14-5-1)32-25-36(42-37(26-32)33-19-10-11-21-38(33)49-42)31-23-24-34-40(27-31)50-39-22-12-20-35(41(34)39)45-47-43(29-15-6-2-7-16-29)46-44(48-45)30-17-8-3-9-18-30/h1-27H/i12D,20D,22D,23D,24D,27D. The van der Waals surface area contributed by atoms with Crippen LogP contribution in [0, 0.1) is 0 Å². The number of benzene rings is 7. The first-order valence-electron chi connectivity index (χ1n) is 19.1. The highest BCUT2D eigenvalue weighted by atomic mass is 32.1. The number of furan rings is 1. The van der Waals surface area contributed by atoms with Gasteiger partial charge in [-0.1, -0.05) is 133 Å². The minimum absolute atomic E-state index is 0.0109. The summed E-state index contributed by atoms with van der Waals surface area (Å²) in [4.78, 5) is 14.5. The Kier molecular flexibility index (Phi) is 5.35. The van der Waals surface area contributed by atoms with Gasteiger partial charge < -0.3 is 4.42 Å². The molecule has 0 unspecified atom stereocenters. The lowest BCUT2D eigenvalue weighted by Crippen LogP contribution is -2.00. The summed E-state index contributed by atoms with van der Waals surface area (Å²) in [6.45, 7) is 0. The van der Waals surface area contributed by atoms with Gasteiger partial charge in [-0.25, -0.2) is 15.0 Å². The molecular weight excluding hydrogens is 631 g/mol. The van der Waals surface area contributed by atoms with E-state index in [2.05, 4.69) is 6.07 Å². The lowest BCUT2D eigenvalue weighted by Gasteiger charge is -2.10. The predicted molar refractivity (Wildman–Crippen MR) is 207 cm³/mol. The van der Waals surface area contributed by atoms with Crippen LogP contribution in [0.2, 0.25) is 0 Å². The highest BCUT2D eigenvalue weighted by Crippen LogP contribution is 2.44. The van der Waals surface area contributed by atoms with E-state index < -0.39 is 0 Å². The van der Waals surface area contributed by atoms with Crippen molar-refractivity contribution in [1.29, 1.82) is 0 Å². The molecule has 0 atom stereocenters. The van der Waals surface area contributed by atoms with Crippen LogP contribution in [0.5, 0.6) is 0 Å². The molecule has 3 heterocycles.